The Bertz CT molecular complexity index is 863. The highest BCUT2D eigenvalue weighted by molar-refractivity contribution is 5.68. The van der Waals surface area contributed by atoms with Crippen molar-refractivity contribution in [3.05, 3.63) is 58.7 Å². The standard InChI is InChI=1S/C23H23F2N/c1-2-14-5-9-18-17(11-14)8-10-19-20(18)12-21(24)22(23(19)25)16-6-3-15(13-26)4-7-16/h3-4,6-7,12,14,17-18H,2,5,8-11H2,1H3. The molecule has 0 saturated heterocycles. The second kappa shape index (κ2) is 6.83. The fourth-order valence-electron chi connectivity index (χ4n) is 5.03. The Morgan fingerprint density at radius 1 is 1.12 bits per heavy atom. The molecule has 0 radical (unpaired) electrons. The molecule has 26 heavy (non-hydrogen) atoms. The molecule has 1 nitrogen and oxygen atoms in total. The van der Waals surface area contributed by atoms with E-state index in [1.54, 1.807) is 30.3 Å². The van der Waals surface area contributed by atoms with Gasteiger partial charge < -0.3 is 0 Å². The van der Waals surface area contributed by atoms with Crippen LogP contribution in [0.25, 0.3) is 11.1 Å². The first kappa shape index (κ1) is 17.2. The van der Waals surface area contributed by atoms with Gasteiger partial charge in [-0.1, -0.05) is 25.5 Å². The third kappa shape index (κ3) is 2.82. The normalized spacial score (nSPS) is 24.5. The van der Waals surface area contributed by atoms with E-state index in [0.717, 1.165) is 30.7 Å². The van der Waals surface area contributed by atoms with Crippen LogP contribution in [0, 0.1) is 34.8 Å². The van der Waals surface area contributed by atoms with Crippen LogP contribution >= 0.6 is 0 Å². The number of nitrogens with zero attached hydrogens (tertiary/aromatic N) is 1. The maximum absolute atomic E-state index is 15.3. The maximum Gasteiger partial charge on any atom is 0.137 e. The minimum absolute atomic E-state index is 0.0499. The summed E-state index contributed by atoms with van der Waals surface area (Å²) in [5.74, 6) is 0.761. The number of nitriles is 1. The molecule has 2 aliphatic rings. The van der Waals surface area contributed by atoms with Crippen LogP contribution in [0.5, 0.6) is 0 Å². The molecule has 1 fully saturated rings. The molecule has 0 amide bonds. The van der Waals surface area contributed by atoms with Gasteiger partial charge in [0, 0.05) is 0 Å². The number of hydrogen-bond acceptors (Lipinski definition) is 1. The Hall–Kier alpha value is -2.21. The Kier molecular flexibility index (Phi) is 4.53. The van der Waals surface area contributed by atoms with E-state index in [4.69, 9.17) is 5.26 Å². The SMILES string of the molecule is CCC1CCC2c3cc(F)c(-c4ccc(C#N)cc4)c(F)c3CCC2C1. The summed E-state index contributed by atoms with van der Waals surface area (Å²) < 4.78 is 30.2. The third-order valence-electron chi connectivity index (χ3n) is 6.49. The molecule has 1 saturated carbocycles. The zero-order valence-corrected chi connectivity index (χ0v) is 15.1. The summed E-state index contributed by atoms with van der Waals surface area (Å²) in [5.41, 5.74) is 2.65. The molecule has 4 rings (SSSR count). The number of fused-ring (bicyclic) bond motifs is 3. The highest BCUT2D eigenvalue weighted by Gasteiger charge is 2.37. The maximum atomic E-state index is 15.3. The lowest BCUT2D eigenvalue weighted by Gasteiger charge is -2.40. The van der Waals surface area contributed by atoms with Gasteiger partial charge in [-0.25, -0.2) is 8.78 Å². The van der Waals surface area contributed by atoms with E-state index < -0.39 is 11.6 Å². The van der Waals surface area contributed by atoms with E-state index in [0.29, 0.717) is 34.9 Å². The van der Waals surface area contributed by atoms with Crippen molar-refractivity contribution < 1.29 is 8.78 Å². The third-order valence-corrected chi connectivity index (χ3v) is 6.49. The van der Waals surface area contributed by atoms with E-state index >= 15 is 4.39 Å². The van der Waals surface area contributed by atoms with Crippen molar-refractivity contribution in [3.63, 3.8) is 0 Å². The van der Waals surface area contributed by atoms with Crippen molar-refractivity contribution >= 4 is 0 Å². The largest absolute Gasteiger partial charge is 0.206 e. The van der Waals surface area contributed by atoms with Crippen LogP contribution in [0.3, 0.4) is 0 Å². The molecule has 3 unspecified atom stereocenters. The van der Waals surface area contributed by atoms with E-state index in [-0.39, 0.29) is 5.56 Å². The van der Waals surface area contributed by atoms with Gasteiger partial charge in [-0.05, 0) is 84.7 Å². The van der Waals surface area contributed by atoms with Crippen LogP contribution in [-0.4, -0.2) is 0 Å². The van der Waals surface area contributed by atoms with Gasteiger partial charge in [-0.2, -0.15) is 5.26 Å². The summed E-state index contributed by atoms with van der Waals surface area (Å²) in [6.45, 7) is 2.24. The van der Waals surface area contributed by atoms with Crippen LogP contribution in [-0.2, 0) is 6.42 Å². The first-order valence-electron chi connectivity index (χ1n) is 9.63. The first-order chi connectivity index (χ1) is 12.6. The minimum Gasteiger partial charge on any atom is -0.206 e. The molecule has 2 aliphatic carbocycles. The summed E-state index contributed by atoms with van der Waals surface area (Å²) >= 11 is 0. The van der Waals surface area contributed by atoms with Gasteiger partial charge in [-0.15, -0.1) is 0 Å². The topological polar surface area (TPSA) is 23.8 Å². The van der Waals surface area contributed by atoms with E-state index in [1.165, 1.54) is 12.8 Å². The van der Waals surface area contributed by atoms with Gasteiger partial charge in [0.2, 0.25) is 0 Å². The van der Waals surface area contributed by atoms with Gasteiger partial charge in [0.05, 0.1) is 17.2 Å². The zero-order chi connectivity index (χ0) is 18.3. The molecule has 0 aromatic heterocycles. The van der Waals surface area contributed by atoms with Crippen LogP contribution in [0.1, 0.15) is 61.6 Å². The molecule has 2 aromatic rings. The van der Waals surface area contributed by atoms with Crippen molar-refractivity contribution in [1.82, 2.24) is 0 Å². The average Bonchev–Trinajstić information content (AvgIpc) is 2.67. The van der Waals surface area contributed by atoms with Crippen LogP contribution in [0.2, 0.25) is 0 Å². The second-order valence-electron chi connectivity index (χ2n) is 7.80. The lowest BCUT2D eigenvalue weighted by molar-refractivity contribution is 0.204. The van der Waals surface area contributed by atoms with Crippen molar-refractivity contribution in [2.45, 2.75) is 51.4 Å². The van der Waals surface area contributed by atoms with Crippen molar-refractivity contribution in [3.8, 4) is 17.2 Å². The Morgan fingerprint density at radius 3 is 2.58 bits per heavy atom. The quantitative estimate of drug-likeness (QED) is 0.617. The Morgan fingerprint density at radius 2 is 1.88 bits per heavy atom. The predicted octanol–water partition coefficient (Wildman–Crippen LogP) is 6.36. The van der Waals surface area contributed by atoms with Crippen LogP contribution < -0.4 is 0 Å². The molecule has 3 heteroatoms. The molecule has 0 N–H and O–H groups in total. The van der Waals surface area contributed by atoms with Crippen LogP contribution in [0.15, 0.2) is 30.3 Å². The Labute approximate surface area is 153 Å². The van der Waals surface area contributed by atoms with Gasteiger partial charge >= 0.3 is 0 Å². The molecule has 0 heterocycles. The van der Waals surface area contributed by atoms with E-state index in [1.807, 2.05) is 6.07 Å². The van der Waals surface area contributed by atoms with Crippen molar-refractivity contribution in [1.29, 1.82) is 5.26 Å². The molecule has 2 aromatic carbocycles. The lowest BCUT2D eigenvalue weighted by atomic mass is 9.64. The average molecular weight is 351 g/mol. The van der Waals surface area contributed by atoms with E-state index in [2.05, 4.69) is 6.92 Å². The van der Waals surface area contributed by atoms with E-state index in [9.17, 15) is 4.39 Å². The summed E-state index contributed by atoms with van der Waals surface area (Å²) in [6.07, 6.45) is 6.31. The number of halogens is 2. The van der Waals surface area contributed by atoms with Gasteiger partial charge in [0.25, 0.3) is 0 Å². The summed E-state index contributed by atoms with van der Waals surface area (Å²) in [4.78, 5) is 0. The summed E-state index contributed by atoms with van der Waals surface area (Å²) in [7, 11) is 0. The van der Waals surface area contributed by atoms with Gasteiger partial charge in [0.15, 0.2) is 0 Å². The highest BCUT2D eigenvalue weighted by atomic mass is 19.1. The first-order valence-corrected chi connectivity index (χ1v) is 9.63. The number of benzene rings is 2. The number of rotatable bonds is 2. The van der Waals surface area contributed by atoms with Gasteiger partial charge in [0.1, 0.15) is 11.6 Å². The molecule has 0 spiro atoms. The molecule has 0 aliphatic heterocycles. The molecule has 0 bridgehead atoms. The fraction of sp³-hybridized carbons (Fsp3) is 0.435. The zero-order valence-electron chi connectivity index (χ0n) is 15.1. The second-order valence-corrected chi connectivity index (χ2v) is 7.80. The fourth-order valence-corrected chi connectivity index (χ4v) is 5.03. The number of hydrogen-bond donors (Lipinski definition) is 0. The smallest absolute Gasteiger partial charge is 0.137 e. The van der Waals surface area contributed by atoms with Crippen molar-refractivity contribution in [2.75, 3.05) is 0 Å². The highest BCUT2D eigenvalue weighted by Crippen LogP contribution is 2.49. The summed E-state index contributed by atoms with van der Waals surface area (Å²) in [5, 5.41) is 8.91. The molecular weight excluding hydrogens is 328 g/mol. The monoisotopic (exact) mass is 351 g/mol. The molecular formula is C23H23F2N. The minimum atomic E-state index is -0.482. The van der Waals surface area contributed by atoms with Crippen molar-refractivity contribution in [2.24, 2.45) is 11.8 Å². The lowest BCUT2D eigenvalue weighted by Crippen LogP contribution is -2.28. The predicted molar refractivity (Wildman–Crippen MR) is 98.7 cm³/mol. The van der Waals surface area contributed by atoms with Crippen LogP contribution in [0.4, 0.5) is 8.78 Å². The Balaban J connectivity index is 1.74. The molecule has 3 atom stereocenters. The summed E-state index contributed by atoms with van der Waals surface area (Å²) in [6, 6.07) is 10.1. The molecule has 134 valence electrons. The van der Waals surface area contributed by atoms with Gasteiger partial charge in [-0.3, -0.25) is 0 Å².